The first-order valence-corrected chi connectivity index (χ1v) is 13.2. The number of likely N-dealkylation sites (tertiary alicyclic amines) is 1. The summed E-state index contributed by atoms with van der Waals surface area (Å²) in [4.78, 5) is 30.3. The summed E-state index contributed by atoms with van der Waals surface area (Å²) in [5, 5.41) is 9.04. The van der Waals surface area contributed by atoms with Gasteiger partial charge in [-0.15, -0.1) is 0 Å². The molecular weight excluding hydrogens is 466 g/mol. The summed E-state index contributed by atoms with van der Waals surface area (Å²) in [6.07, 6.45) is 1.48. The van der Waals surface area contributed by atoms with Crippen molar-refractivity contribution in [2.24, 2.45) is 11.8 Å². The van der Waals surface area contributed by atoms with Gasteiger partial charge in [0, 0.05) is 24.7 Å². The van der Waals surface area contributed by atoms with Crippen molar-refractivity contribution >= 4 is 33.3 Å². The van der Waals surface area contributed by atoms with Crippen LogP contribution >= 0.6 is 11.6 Å². The van der Waals surface area contributed by atoms with E-state index in [1.54, 1.807) is 17.9 Å². The van der Waals surface area contributed by atoms with Gasteiger partial charge in [-0.1, -0.05) is 11.6 Å². The van der Waals surface area contributed by atoms with E-state index in [9.17, 15) is 23.3 Å². The molecule has 178 valence electrons. The lowest BCUT2D eigenvalue weighted by molar-refractivity contribution is -0.147. The number of carbonyl (C=O) groups excluding carboxylic acids is 2. The van der Waals surface area contributed by atoms with Crippen LogP contribution in [-0.2, 0) is 24.2 Å². The molecule has 0 radical (unpaired) electrons. The summed E-state index contributed by atoms with van der Waals surface area (Å²) in [5.41, 5.74) is 0.539. The van der Waals surface area contributed by atoms with E-state index in [-0.39, 0.29) is 29.6 Å². The van der Waals surface area contributed by atoms with Crippen molar-refractivity contribution in [3.05, 3.63) is 28.8 Å². The Morgan fingerprint density at radius 3 is 2.42 bits per heavy atom. The number of carbonyl (C=O) groups is 2. The number of sulfone groups is 1. The molecule has 10 heteroatoms. The smallest absolute Gasteiger partial charge is 0.227 e. The number of aryl methyl sites for hydroxylation is 1. The Morgan fingerprint density at radius 2 is 1.79 bits per heavy atom. The fraction of sp³-hybridized carbons (Fsp3) is 0.609. The SMILES string of the molecule is Cc1cc(Cl)ccc1S(=O)(=O)[C@@H]1C[C@@H](C(=O)N2CCOCC2)[C@H](C(=O)N2CCCC2C#N)C1. The Balaban J connectivity index is 1.65. The Bertz CT molecular complexity index is 1080. The van der Waals surface area contributed by atoms with Gasteiger partial charge >= 0.3 is 0 Å². The molecule has 0 spiro atoms. The fourth-order valence-electron chi connectivity index (χ4n) is 5.30. The molecule has 2 saturated heterocycles. The zero-order valence-corrected chi connectivity index (χ0v) is 20.1. The van der Waals surface area contributed by atoms with Gasteiger partial charge in [-0.25, -0.2) is 8.42 Å². The number of amides is 2. The highest BCUT2D eigenvalue weighted by molar-refractivity contribution is 7.92. The molecule has 0 aromatic heterocycles. The third-order valence-electron chi connectivity index (χ3n) is 7.04. The van der Waals surface area contributed by atoms with E-state index in [0.717, 1.165) is 6.42 Å². The van der Waals surface area contributed by atoms with Crippen LogP contribution in [0.15, 0.2) is 23.1 Å². The first kappa shape index (κ1) is 24.0. The third-order valence-corrected chi connectivity index (χ3v) is 9.61. The van der Waals surface area contributed by atoms with Crippen molar-refractivity contribution in [1.29, 1.82) is 5.26 Å². The summed E-state index contributed by atoms with van der Waals surface area (Å²) in [5.74, 6) is -1.98. The van der Waals surface area contributed by atoms with Gasteiger partial charge in [0.1, 0.15) is 6.04 Å². The quantitative estimate of drug-likeness (QED) is 0.636. The predicted octanol–water partition coefficient (Wildman–Crippen LogP) is 2.19. The van der Waals surface area contributed by atoms with Crippen LogP contribution in [0.4, 0.5) is 0 Å². The normalized spacial score (nSPS) is 28.0. The molecule has 1 aliphatic carbocycles. The topological polar surface area (TPSA) is 108 Å². The summed E-state index contributed by atoms with van der Waals surface area (Å²) < 4.78 is 32.5. The first-order chi connectivity index (χ1) is 15.7. The molecule has 3 aliphatic rings. The first-order valence-electron chi connectivity index (χ1n) is 11.3. The lowest BCUT2D eigenvalue weighted by Crippen LogP contribution is -2.47. The zero-order valence-electron chi connectivity index (χ0n) is 18.6. The number of benzene rings is 1. The van der Waals surface area contributed by atoms with Crippen molar-refractivity contribution in [2.75, 3.05) is 32.8 Å². The standard InChI is InChI=1S/C23H28ClN3O5S/c1-15-11-16(24)4-5-21(15)33(30,31)18-12-19(22(28)26-7-9-32-10-8-26)20(13-18)23(29)27-6-2-3-17(27)14-25/h4-5,11,17-20H,2-3,6-10,12-13H2,1H3/t17?,18-,19-,20-/m1/s1. The van der Waals surface area contributed by atoms with Gasteiger partial charge in [0.2, 0.25) is 11.8 Å². The van der Waals surface area contributed by atoms with Crippen molar-refractivity contribution in [3.63, 3.8) is 0 Å². The molecule has 4 atom stereocenters. The maximum atomic E-state index is 13.6. The van der Waals surface area contributed by atoms with Gasteiger partial charge in [-0.05, 0) is 56.4 Å². The monoisotopic (exact) mass is 493 g/mol. The number of rotatable bonds is 4. The van der Waals surface area contributed by atoms with Gasteiger partial charge < -0.3 is 14.5 Å². The van der Waals surface area contributed by atoms with Crippen LogP contribution in [0.25, 0.3) is 0 Å². The molecule has 3 fully saturated rings. The summed E-state index contributed by atoms with van der Waals surface area (Å²) in [6.45, 7) is 3.84. The Labute approximate surface area is 199 Å². The van der Waals surface area contributed by atoms with E-state index in [0.29, 0.717) is 49.9 Å². The number of hydrogen-bond acceptors (Lipinski definition) is 6. The molecular formula is C23H28ClN3O5S. The minimum absolute atomic E-state index is 0.0681. The second-order valence-electron chi connectivity index (χ2n) is 9.02. The minimum Gasteiger partial charge on any atom is -0.378 e. The number of nitrogens with zero attached hydrogens (tertiary/aromatic N) is 3. The van der Waals surface area contributed by atoms with Gasteiger partial charge in [-0.3, -0.25) is 9.59 Å². The predicted molar refractivity (Wildman–Crippen MR) is 121 cm³/mol. The Morgan fingerprint density at radius 1 is 1.12 bits per heavy atom. The minimum atomic E-state index is -3.78. The number of hydrogen-bond donors (Lipinski definition) is 0. The maximum Gasteiger partial charge on any atom is 0.227 e. The Kier molecular flexibility index (Phi) is 6.99. The summed E-state index contributed by atoms with van der Waals surface area (Å²) >= 11 is 6.01. The van der Waals surface area contributed by atoms with Gasteiger partial charge in [0.15, 0.2) is 9.84 Å². The molecule has 8 nitrogen and oxygen atoms in total. The highest BCUT2D eigenvalue weighted by atomic mass is 35.5. The Hall–Kier alpha value is -2.15. The van der Waals surface area contributed by atoms with Crippen LogP contribution in [0.5, 0.6) is 0 Å². The van der Waals surface area contributed by atoms with E-state index < -0.39 is 33.0 Å². The average Bonchev–Trinajstić information content (AvgIpc) is 3.46. The van der Waals surface area contributed by atoms with Gasteiger partial charge in [0.05, 0.1) is 41.3 Å². The van der Waals surface area contributed by atoms with Crippen LogP contribution in [0, 0.1) is 30.1 Å². The lowest BCUT2D eigenvalue weighted by atomic mass is 9.92. The van der Waals surface area contributed by atoms with E-state index in [4.69, 9.17) is 16.3 Å². The third kappa shape index (κ3) is 4.61. The van der Waals surface area contributed by atoms with Crippen molar-refractivity contribution in [1.82, 2.24) is 9.80 Å². The van der Waals surface area contributed by atoms with Crippen LogP contribution in [0.2, 0.25) is 5.02 Å². The molecule has 0 N–H and O–H groups in total. The summed E-state index contributed by atoms with van der Waals surface area (Å²) in [7, 11) is -3.78. The van der Waals surface area contributed by atoms with Crippen molar-refractivity contribution < 1.29 is 22.7 Å². The molecule has 33 heavy (non-hydrogen) atoms. The molecule has 1 aromatic rings. The molecule has 1 saturated carbocycles. The van der Waals surface area contributed by atoms with Crippen molar-refractivity contribution in [2.45, 2.75) is 48.8 Å². The molecule has 2 heterocycles. The van der Waals surface area contributed by atoms with Crippen LogP contribution < -0.4 is 0 Å². The molecule has 2 aliphatic heterocycles. The van der Waals surface area contributed by atoms with E-state index in [1.807, 2.05) is 0 Å². The van der Waals surface area contributed by atoms with Crippen LogP contribution in [0.1, 0.15) is 31.2 Å². The lowest BCUT2D eigenvalue weighted by Gasteiger charge is -2.32. The zero-order chi connectivity index (χ0) is 23.8. The van der Waals surface area contributed by atoms with Crippen molar-refractivity contribution in [3.8, 4) is 6.07 Å². The number of morpholine rings is 1. The van der Waals surface area contributed by atoms with E-state index in [2.05, 4.69) is 6.07 Å². The van der Waals surface area contributed by atoms with Gasteiger partial charge in [-0.2, -0.15) is 5.26 Å². The van der Waals surface area contributed by atoms with Gasteiger partial charge in [0.25, 0.3) is 0 Å². The second kappa shape index (κ2) is 9.61. The van der Waals surface area contributed by atoms with Crippen LogP contribution in [-0.4, -0.2) is 74.2 Å². The number of nitriles is 1. The highest BCUT2D eigenvalue weighted by Gasteiger charge is 2.50. The largest absolute Gasteiger partial charge is 0.378 e. The molecule has 2 amide bonds. The number of ether oxygens (including phenoxy) is 1. The average molecular weight is 494 g/mol. The fourth-order valence-corrected chi connectivity index (χ4v) is 7.57. The van der Waals surface area contributed by atoms with Crippen LogP contribution in [0.3, 0.4) is 0 Å². The molecule has 4 rings (SSSR count). The van der Waals surface area contributed by atoms with E-state index >= 15 is 0 Å². The number of halogens is 1. The molecule has 0 bridgehead atoms. The maximum absolute atomic E-state index is 13.6. The highest BCUT2D eigenvalue weighted by Crippen LogP contribution is 2.42. The summed E-state index contributed by atoms with van der Waals surface area (Å²) in [6, 6.07) is 6.28. The molecule has 1 unspecified atom stereocenters. The molecule has 1 aromatic carbocycles. The van der Waals surface area contributed by atoms with E-state index in [1.165, 1.54) is 17.0 Å². The second-order valence-corrected chi connectivity index (χ2v) is 11.7.